The molecule has 0 aliphatic carbocycles. The summed E-state index contributed by atoms with van der Waals surface area (Å²) >= 11 is 0. The minimum Gasteiger partial charge on any atom is -0.507 e. The Bertz CT molecular complexity index is 1220. The number of Topliss-reactive ketones (excluding diaryl/α,β-unsaturated/α-hetero) is 1. The smallest absolute Gasteiger partial charge is 0.300 e. The van der Waals surface area contributed by atoms with E-state index in [4.69, 9.17) is 14.2 Å². The van der Waals surface area contributed by atoms with Crippen LogP contribution in [0.2, 0.25) is 0 Å². The first-order valence-electron chi connectivity index (χ1n) is 10.2. The molecule has 7 nitrogen and oxygen atoms in total. The molecule has 33 heavy (non-hydrogen) atoms. The SMILES string of the molecule is COc1ccc(N2C(=O)C(=O)/C(=C(/O)c3ccccc3)C2c2ccc(OC)c(OC)c2)cc1. The first-order valence-corrected chi connectivity index (χ1v) is 10.2. The molecule has 1 atom stereocenters. The molecule has 3 aromatic rings. The van der Waals surface area contributed by atoms with Gasteiger partial charge in [-0.15, -0.1) is 0 Å². The molecular formula is C26H23NO6. The van der Waals surface area contributed by atoms with E-state index < -0.39 is 17.7 Å². The Morgan fingerprint density at radius 1 is 0.818 bits per heavy atom. The highest BCUT2D eigenvalue weighted by Gasteiger charge is 2.47. The lowest BCUT2D eigenvalue weighted by atomic mass is 9.94. The lowest BCUT2D eigenvalue weighted by Gasteiger charge is -2.26. The third-order valence-electron chi connectivity index (χ3n) is 5.57. The van der Waals surface area contributed by atoms with Gasteiger partial charge in [-0.05, 0) is 42.0 Å². The van der Waals surface area contributed by atoms with Crippen LogP contribution in [0.15, 0.2) is 78.4 Å². The second-order valence-corrected chi connectivity index (χ2v) is 7.35. The molecule has 1 fully saturated rings. The highest BCUT2D eigenvalue weighted by molar-refractivity contribution is 6.51. The van der Waals surface area contributed by atoms with E-state index in [2.05, 4.69) is 0 Å². The first-order chi connectivity index (χ1) is 16.0. The van der Waals surface area contributed by atoms with E-state index in [1.54, 1.807) is 79.9 Å². The van der Waals surface area contributed by atoms with Crippen molar-refractivity contribution in [3.05, 3.63) is 89.5 Å². The molecule has 1 heterocycles. The maximum Gasteiger partial charge on any atom is 0.300 e. The average molecular weight is 445 g/mol. The zero-order valence-electron chi connectivity index (χ0n) is 18.4. The fraction of sp³-hybridized carbons (Fsp3) is 0.154. The van der Waals surface area contributed by atoms with E-state index in [-0.39, 0.29) is 11.3 Å². The van der Waals surface area contributed by atoms with E-state index >= 15 is 0 Å². The molecule has 1 aliphatic rings. The molecule has 1 amide bonds. The maximum atomic E-state index is 13.2. The third-order valence-corrected chi connectivity index (χ3v) is 5.57. The van der Waals surface area contributed by atoms with E-state index in [0.717, 1.165) is 0 Å². The highest BCUT2D eigenvalue weighted by atomic mass is 16.5. The van der Waals surface area contributed by atoms with Crippen LogP contribution in [0.3, 0.4) is 0 Å². The van der Waals surface area contributed by atoms with Crippen LogP contribution in [-0.2, 0) is 9.59 Å². The number of anilines is 1. The number of amides is 1. The van der Waals surface area contributed by atoms with Gasteiger partial charge in [-0.2, -0.15) is 0 Å². The number of hydrogen-bond donors (Lipinski definition) is 1. The molecule has 0 saturated carbocycles. The number of methoxy groups -OCH3 is 3. The number of ether oxygens (including phenoxy) is 3. The topological polar surface area (TPSA) is 85.3 Å². The van der Waals surface area contributed by atoms with Gasteiger partial charge in [0.25, 0.3) is 11.7 Å². The number of aliphatic hydroxyl groups is 1. The summed E-state index contributed by atoms with van der Waals surface area (Å²) in [6.45, 7) is 0. The van der Waals surface area contributed by atoms with Gasteiger partial charge in [0, 0.05) is 11.3 Å². The minimum atomic E-state index is -0.876. The number of nitrogens with zero attached hydrogens (tertiary/aromatic N) is 1. The Morgan fingerprint density at radius 2 is 1.48 bits per heavy atom. The summed E-state index contributed by atoms with van der Waals surface area (Å²) < 4.78 is 16.0. The zero-order valence-corrected chi connectivity index (χ0v) is 18.4. The van der Waals surface area contributed by atoms with Crippen LogP contribution in [0.5, 0.6) is 17.2 Å². The average Bonchev–Trinajstić information content (AvgIpc) is 3.13. The summed E-state index contributed by atoms with van der Waals surface area (Å²) in [6, 6.07) is 19.7. The number of ketones is 1. The Balaban J connectivity index is 1.94. The summed E-state index contributed by atoms with van der Waals surface area (Å²) in [7, 11) is 4.58. The van der Waals surface area contributed by atoms with E-state index in [1.165, 1.54) is 19.1 Å². The van der Waals surface area contributed by atoms with Crippen LogP contribution >= 0.6 is 0 Å². The second kappa shape index (κ2) is 9.08. The van der Waals surface area contributed by atoms with Crippen molar-refractivity contribution in [2.75, 3.05) is 26.2 Å². The quantitative estimate of drug-likeness (QED) is 0.345. The van der Waals surface area contributed by atoms with Crippen LogP contribution < -0.4 is 19.1 Å². The van der Waals surface area contributed by atoms with Gasteiger partial charge in [-0.1, -0.05) is 36.4 Å². The molecule has 0 radical (unpaired) electrons. The zero-order chi connectivity index (χ0) is 23.5. The van der Waals surface area contributed by atoms with E-state index in [9.17, 15) is 14.7 Å². The van der Waals surface area contributed by atoms with Gasteiger partial charge in [-0.25, -0.2) is 0 Å². The number of carbonyl (C=O) groups is 2. The van der Waals surface area contributed by atoms with Crippen LogP contribution in [0, 0.1) is 0 Å². The number of aliphatic hydroxyl groups excluding tert-OH is 1. The largest absolute Gasteiger partial charge is 0.507 e. The molecule has 4 rings (SSSR count). The molecule has 0 bridgehead atoms. The van der Waals surface area contributed by atoms with Gasteiger partial charge in [0.1, 0.15) is 11.5 Å². The normalized spacial score (nSPS) is 17.2. The minimum absolute atomic E-state index is 0.00534. The first kappa shape index (κ1) is 22.0. The van der Waals surface area contributed by atoms with Crippen molar-refractivity contribution in [2.45, 2.75) is 6.04 Å². The Kier molecular flexibility index (Phi) is 6.04. The van der Waals surface area contributed by atoms with Crippen molar-refractivity contribution in [1.29, 1.82) is 0 Å². The van der Waals surface area contributed by atoms with E-state index in [1.807, 2.05) is 0 Å². The van der Waals surface area contributed by atoms with E-state index in [0.29, 0.717) is 34.1 Å². The molecule has 168 valence electrons. The van der Waals surface area contributed by atoms with Gasteiger partial charge < -0.3 is 19.3 Å². The second-order valence-electron chi connectivity index (χ2n) is 7.35. The molecule has 3 aromatic carbocycles. The van der Waals surface area contributed by atoms with Crippen LogP contribution in [0.25, 0.3) is 5.76 Å². The molecule has 0 aromatic heterocycles. The molecule has 1 saturated heterocycles. The van der Waals surface area contributed by atoms with Crippen molar-refractivity contribution in [3.63, 3.8) is 0 Å². The highest BCUT2D eigenvalue weighted by Crippen LogP contribution is 2.44. The lowest BCUT2D eigenvalue weighted by Crippen LogP contribution is -2.29. The molecule has 1 aliphatic heterocycles. The maximum absolute atomic E-state index is 13.2. The Morgan fingerprint density at radius 3 is 2.09 bits per heavy atom. The molecular weight excluding hydrogens is 422 g/mol. The van der Waals surface area contributed by atoms with Gasteiger partial charge >= 0.3 is 0 Å². The van der Waals surface area contributed by atoms with Crippen LogP contribution in [0.4, 0.5) is 5.69 Å². The monoisotopic (exact) mass is 445 g/mol. The van der Waals surface area contributed by atoms with Crippen molar-refractivity contribution >= 4 is 23.1 Å². The van der Waals surface area contributed by atoms with Crippen LogP contribution in [0.1, 0.15) is 17.2 Å². The number of carbonyl (C=O) groups excluding carboxylic acids is 2. The third kappa shape index (κ3) is 3.89. The van der Waals surface area contributed by atoms with Gasteiger partial charge in [-0.3, -0.25) is 14.5 Å². The lowest BCUT2D eigenvalue weighted by molar-refractivity contribution is -0.132. The molecule has 7 heteroatoms. The Hall–Kier alpha value is -4.26. The standard InChI is InChI=1S/C26H23NO6/c1-31-19-12-10-18(11-13-19)27-23(17-9-14-20(32-2)21(15-17)33-3)22(25(29)26(27)30)24(28)16-7-5-4-6-8-16/h4-15,23,28H,1-3H3/b24-22+. The predicted molar refractivity (Wildman–Crippen MR) is 124 cm³/mol. The van der Waals surface area contributed by atoms with Crippen molar-refractivity contribution in [3.8, 4) is 17.2 Å². The number of hydrogen-bond acceptors (Lipinski definition) is 6. The summed E-state index contributed by atoms with van der Waals surface area (Å²) in [4.78, 5) is 27.8. The fourth-order valence-corrected chi connectivity index (χ4v) is 3.93. The predicted octanol–water partition coefficient (Wildman–Crippen LogP) is 4.34. The van der Waals surface area contributed by atoms with Crippen LogP contribution in [-0.4, -0.2) is 38.1 Å². The molecule has 1 unspecified atom stereocenters. The molecule has 0 spiro atoms. The number of rotatable bonds is 6. The molecule has 1 N–H and O–H groups in total. The van der Waals surface area contributed by atoms with Gasteiger partial charge in [0.15, 0.2) is 11.5 Å². The van der Waals surface area contributed by atoms with Gasteiger partial charge in [0.05, 0.1) is 32.9 Å². The summed E-state index contributed by atoms with van der Waals surface area (Å²) in [5, 5.41) is 11.1. The summed E-state index contributed by atoms with van der Waals surface area (Å²) in [5.74, 6) is -0.197. The fourth-order valence-electron chi connectivity index (χ4n) is 3.93. The van der Waals surface area contributed by atoms with Crippen molar-refractivity contribution < 1.29 is 28.9 Å². The summed E-state index contributed by atoms with van der Waals surface area (Å²) in [5.41, 5.74) is 1.51. The van der Waals surface area contributed by atoms with Crippen molar-refractivity contribution in [1.82, 2.24) is 0 Å². The summed E-state index contributed by atoms with van der Waals surface area (Å²) in [6.07, 6.45) is 0. The van der Waals surface area contributed by atoms with Gasteiger partial charge in [0.2, 0.25) is 0 Å². The Labute approximate surface area is 191 Å². The number of benzene rings is 3. The van der Waals surface area contributed by atoms with Crippen molar-refractivity contribution in [2.24, 2.45) is 0 Å².